The highest BCUT2D eigenvalue weighted by Crippen LogP contribution is 2.09. The number of pyridine rings is 2. The maximum absolute atomic E-state index is 12.3. The summed E-state index contributed by atoms with van der Waals surface area (Å²) in [5.41, 5.74) is -0.117. The van der Waals surface area contributed by atoms with E-state index in [0.29, 0.717) is 10.7 Å². The quantitative estimate of drug-likeness (QED) is 0.738. The van der Waals surface area contributed by atoms with Crippen molar-refractivity contribution >= 4 is 28.5 Å². The Hall–Kier alpha value is -3.00. The zero-order chi connectivity index (χ0) is 18.1. The Kier molecular flexibility index (Phi) is 4.37. The second-order valence-electron chi connectivity index (χ2n) is 5.42. The number of fused-ring (bicyclic) bond motifs is 1. The highest BCUT2D eigenvalue weighted by Gasteiger charge is 2.13. The lowest BCUT2D eigenvalue weighted by Crippen LogP contribution is -2.37. The SMILES string of the molecule is Cn1c(=O)c2ccc(C(=O)NCc3cc(Cl)ccn3)nc2n(C)c1=O. The van der Waals surface area contributed by atoms with Crippen molar-refractivity contribution in [3.05, 3.63) is 67.7 Å². The van der Waals surface area contributed by atoms with E-state index in [4.69, 9.17) is 11.6 Å². The molecule has 1 amide bonds. The zero-order valence-corrected chi connectivity index (χ0v) is 14.2. The van der Waals surface area contributed by atoms with E-state index in [1.165, 1.54) is 30.8 Å². The largest absolute Gasteiger partial charge is 0.345 e. The molecule has 0 saturated heterocycles. The van der Waals surface area contributed by atoms with Crippen LogP contribution in [0, 0.1) is 0 Å². The van der Waals surface area contributed by atoms with E-state index in [0.717, 1.165) is 4.57 Å². The third-order valence-electron chi connectivity index (χ3n) is 3.74. The molecule has 0 aliphatic heterocycles. The van der Waals surface area contributed by atoms with E-state index >= 15 is 0 Å². The lowest BCUT2D eigenvalue weighted by atomic mass is 10.2. The van der Waals surface area contributed by atoms with E-state index in [2.05, 4.69) is 15.3 Å². The van der Waals surface area contributed by atoms with Crippen LogP contribution in [0.3, 0.4) is 0 Å². The van der Waals surface area contributed by atoms with Gasteiger partial charge in [-0.15, -0.1) is 0 Å². The minimum atomic E-state index is -0.509. The number of aromatic nitrogens is 4. The molecule has 0 aliphatic carbocycles. The number of nitrogens with one attached hydrogen (secondary N) is 1. The molecule has 0 radical (unpaired) electrons. The summed E-state index contributed by atoms with van der Waals surface area (Å²) in [5, 5.41) is 3.46. The number of amides is 1. The van der Waals surface area contributed by atoms with Crippen LogP contribution < -0.4 is 16.6 Å². The third-order valence-corrected chi connectivity index (χ3v) is 3.98. The molecule has 0 fully saturated rings. The van der Waals surface area contributed by atoms with Crippen LogP contribution in [-0.4, -0.2) is 25.0 Å². The van der Waals surface area contributed by atoms with Crippen LogP contribution in [0.2, 0.25) is 5.02 Å². The van der Waals surface area contributed by atoms with Gasteiger partial charge in [0.2, 0.25) is 0 Å². The first-order valence-corrected chi connectivity index (χ1v) is 7.71. The molecule has 25 heavy (non-hydrogen) atoms. The van der Waals surface area contributed by atoms with Gasteiger partial charge in [0.25, 0.3) is 11.5 Å². The van der Waals surface area contributed by atoms with Gasteiger partial charge in [-0.05, 0) is 24.3 Å². The van der Waals surface area contributed by atoms with Crippen molar-refractivity contribution in [3.8, 4) is 0 Å². The molecule has 0 bridgehead atoms. The van der Waals surface area contributed by atoms with Gasteiger partial charge in [-0.1, -0.05) is 11.6 Å². The Morgan fingerprint density at radius 2 is 1.96 bits per heavy atom. The van der Waals surface area contributed by atoms with Crippen LogP contribution in [0.1, 0.15) is 16.2 Å². The number of halogens is 1. The van der Waals surface area contributed by atoms with Gasteiger partial charge in [-0.3, -0.25) is 23.7 Å². The maximum atomic E-state index is 12.3. The summed E-state index contributed by atoms with van der Waals surface area (Å²) in [7, 11) is 2.89. The van der Waals surface area contributed by atoms with Crippen molar-refractivity contribution in [2.75, 3.05) is 0 Å². The number of carbonyl (C=O) groups excluding carboxylic acids is 1. The van der Waals surface area contributed by atoms with Crippen LogP contribution in [0.4, 0.5) is 0 Å². The van der Waals surface area contributed by atoms with Gasteiger partial charge < -0.3 is 5.32 Å². The summed E-state index contributed by atoms with van der Waals surface area (Å²) in [6, 6.07) is 6.20. The molecular weight excluding hydrogens is 346 g/mol. The molecule has 0 aromatic carbocycles. The number of nitrogens with zero attached hydrogens (tertiary/aromatic N) is 4. The third kappa shape index (κ3) is 3.16. The molecule has 0 aliphatic rings. The molecular formula is C16H14ClN5O3. The molecule has 0 atom stereocenters. The first-order valence-electron chi connectivity index (χ1n) is 7.34. The predicted molar refractivity (Wildman–Crippen MR) is 92.6 cm³/mol. The summed E-state index contributed by atoms with van der Waals surface area (Å²) < 4.78 is 2.22. The van der Waals surface area contributed by atoms with Crippen molar-refractivity contribution in [3.63, 3.8) is 0 Å². The molecule has 8 nitrogen and oxygen atoms in total. The number of aryl methyl sites for hydroxylation is 1. The van der Waals surface area contributed by atoms with Gasteiger partial charge in [0.05, 0.1) is 17.6 Å². The lowest BCUT2D eigenvalue weighted by Gasteiger charge is -2.09. The first-order chi connectivity index (χ1) is 11.9. The highest BCUT2D eigenvalue weighted by atomic mass is 35.5. The van der Waals surface area contributed by atoms with Gasteiger partial charge >= 0.3 is 5.69 Å². The minimum Gasteiger partial charge on any atom is -0.345 e. The Balaban J connectivity index is 1.92. The van der Waals surface area contributed by atoms with Crippen LogP contribution >= 0.6 is 11.6 Å². The van der Waals surface area contributed by atoms with E-state index < -0.39 is 17.2 Å². The van der Waals surface area contributed by atoms with Crippen LogP contribution in [0.5, 0.6) is 0 Å². The fourth-order valence-electron chi connectivity index (χ4n) is 2.39. The average Bonchev–Trinajstić information content (AvgIpc) is 2.62. The van der Waals surface area contributed by atoms with Crippen LogP contribution in [-0.2, 0) is 20.6 Å². The lowest BCUT2D eigenvalue weighted by molar-refractivity contribution is 0.0945. The number of hydrogen-bond donors (Lipinski definition) is 1. The Morgan fingerprint density at radius 1 is 1.20 bits per heavy atom. The molecule has 1 N–H and O–H groups in total. The van der Waals surface area contributed by atoms with Crippen molar-refractivity contribution < 1.29 is 4.79 Å². The molecule has 9 heteroatoms. The normalized spacial score (nSPS) is 10.8. The van der Waals surface area contributed by atoms with Gasteiger partial charge in [-0.2, -0.15) is 0 Å². The van der Waals surface area contributed by atoms with E-state index in [9.17, 15) is 14.4 Å². The molecule has 128 valence electrons. The standard InChI is InChI=1S/C16H14ClN5O3/c1-21-13-11(15(24)22(2)16(21)25)3-4-12(20-13)14(23)19-8-10-7-9(17)5-6-18-10/h3-7H,8H2,1-2H3,(H,19,23). The monoisotopic (exact) mass is 359 g/mol. The van der Waals surface area contributed by atoms with E-state index in [1.54, 1.807) is 18.3 Å². The fourth-order valence-corrected chi connectivity index (χ4v) is 2.57. The zero-order valence-electron chi connectivity index (χ0n) is 13.5. The van der Waals surface area contributed by atoms with Gasteiger partial charge in [0, 0.05) is 25.3 Å². The van der Waals surface area contributed by atoms with Crippen molar-refractivity contribution in [2.45, 2.75) is 6.54 Å². The smallest absolute Gasteiger partial charge is 0.332 e. The van der Waals surface area contributed by atoms with Crippen LogP contribution in [0.25, 0.3) is 11.0 Å². The van der Waals surface area contributed by atoms with E-state index in [1.807, 2.05) is 0 Å². The Labute approximate surface area is 146 Å². The first kappa shape index (κ1) is 16.8. The summed E-state index contributed by atoms with van der Waals surface area (Å²) in [6.07, 6.45) is 1.55. The van der Waals surface area contributed by atoms with Crippen molar-refractivity contribution in [1.82, 2.24) is 24.4 Å². The minimum absolute atomic E-state index is 0.0952. The van der Waals surface area contributed by atoms with E-state index in [-0.39, 0.29) is 23.3 Å². The fraction of sp³-hybridized carbons (Fsp3) is 0.188. The van der Waals surface area contributed by atoms with Gasteiger partial charge in [-0.25, -0.2) is 9.78 Å². The second-order valence-corrected chi connectivity index (χ2v) is 5.86. The average molecular weight is 360 g/mol. The number of rotatable bonds is 3. The molecule has 3 rings (SSSR count). The molecule has 0 spiro atoms. The Morgan fingerprint density at radius 3 is 2.68 bits per heavy atom. The molecule has 0 unspecified atom stereocenters. The summed E-state index contributed by atoms with van der Waals surface area (Å²) in [5.74, 6) is -0.447. The maximum Gasteiger partial charge on any atom is 0.332 e. The van der Waals surface area contributed by atoms with Crippen LogP contribution in [0.15, 0.2) is 40.1 Å². The number of hydrogen-bond acceptors (Lipinski definition) is 5. The number of carbonyl (C=O) groups is 1. The summed E-state index contributed by atoms with van der Waals surface area (Å²) in [4.78, 5) is 44.6. The van der Waals surface area contributed by atoms with Crippen molar-refractivity contribution in [2.24, 2.45) is 14.1 Å². The van der Waals surface area contributed by atoms with Gasteiger partial charge in [0.15, 0.2) is 0 Å². The topological polar surface area (TPSA) is 98.9 Å². The summed E-state index contributed by atoms with van der Waals surface area (Å²) >= 11 is 5.87. The molecule has 0 saturated carbocycles. The Bertz CT molecular complexity index is 1100. The second kappa shape index (κ2) is 6.48. The summed E-state index contributed by atoms with van der Waals surface area (Å²) in [6.45, 7) is 0.175. The molecule has 3 aromatic heterocycles. The molecule has 3 aromatic rings. The predicted octanol–water partition coefficient (Wildman–Crippen LogP) is 0.611. The van der Waals surface area contributed by atoms with Crippen molar-refractivity contribution in [1.29, 1.82) is 0 Å². The van der Waals surface area contributed by atoms with Gasteiger partial charge in [0.1, 0.15) is 11.3 Å². The highest BCUT2D eigenvalue weighted by molar-refractivity contribution is 6.30. The molecule has 3 heterocycles.